The molecule has 1 aliphatic rings. The molecule has 14 heavy (non-hydrogen) atoms. The van der Waals surface area contributed by atoms with Crippen molar-refractivity contribution in [1.29, 1.82) is 0 Å². The number of rotatable bonds is 1. The lowest BCUT2D eigenvalue weighted by molar-refractivity contribution is 0.0509. The zero-order valence-corrected chi connectivity index (χ0v) is 9.16. The predicted molar refractivity (Wildman–Crippen MR) is 53.2 cm³/mol. The van der Waals surface area contributed by atoms with Gasteiger partial charge >= 0.3 is 6.09 Å². The molecule has 1 unspecified atom stereocenters. The van der Waals surface area contributed by atoms with Crippen LogP contribution in [0.3, 0.4) is 0 Å². The molecule has 1 heterocycles. The van der Waals surface area contributed by atoms with Crippen molar-refractivity contribution < 1.29 is 14.3 Å². The lowest BCUT2D eigenvalue weighted by Crippen LogP contribution is -2.37. The Labute approximate surface area is 85.2 Å². The molecule has 1 amide bonds. The van der Waals surface area contributed by atoms with E-state index in [1.54, 1.807) is 4.90 Å². The zero-order valence-electron chi connectivity index (χ0n) is 9.16. The minimum atomic E-state index is -0.225. The first-order valence-electron chi connectivity index (χ1n) is 5.16. The Morgan fingerprint density at radius 3 is 2.93 bits per heavy atom. The van der Waals surface area contributed by atoms with Gasteiger partial charge in [-0.25, -0.2) is 4.79 Å². The van der Waals surface area contributed by atoms with Crippen LogP contribution in [0.2, 0.25) is 0 Å². The van der Waals surface area contributed by atoms with Gasteiger partial charge in [0.15, 0.2) is 0 Å². The van der Waals surface area contributed by atoms with Crippen LogP contribution in [0.5, 0.6) is 0 Å². The quantitative estimate of drug-likeness (QED) is 0.647. The highest BCUT2D eigenvalue weighted by atomic mass is 16.6. The van der Waals surface area contributed by atoms with Crippen molar-refractivity contribution in [2.24, 2.45) is 0 Å². The summed E-state index contributed by atoms with van der Waals surface area (Å²) in [6.07, 6.45) is 0.717. The lowest BCUT2D eigenvalue weighted by Gasteiger charge is -2.22. The molecule has 0 spiro atoms. The fourth-order valence-electron chi connectivity index (χ4n) is 1.44. The number of carbonyl (C=O) groups excluding carboxylic acids is 1. The molecule has 82 valence electrons. The number of ether oxygens (including phenoxy) is 2. The van der Waals surface area contributed by atoms with E-state index in [0.717, 1.165) is 19.6 Å². The third-order valence-corrected chi connectivity index (χ3v) is 2.05. The van der Waals surface area contributed by atoms with Crippen LogP contribution in [0.1, 0.15) is 27.2 Å². The highest BCUT2D eigenvalue weighted by molar-refractivity contribution is 5.67. The predicted octanol–water partition coefficient (Wildman–Crippen LogP) is 1.64. The summed E-state index contributed by atoms with van der Waals surface area (Å²) < 4.78 is 10.6. The Kier molecular flexibility index (Phi) is 4.20. The maximum absolute atomic E-state index is 11.6. The first-order valence-corrected chi connectivity index (χ1v) is 5.16. The summed E-state index contributed by atoms with van der Waals surface area (Å²) in [6, 6.07) is 0. The van der Waals surface area contributed by atoms with Crippen LogP contribution in [0, 0.1) is 0 Å². The van der Waals surface area contributed by atoms with E-state index in [0.29, 0.717) is 6.54 Å². The van der Waals surface area contributed by atoms with Crippen LogP contribution < -0.4 is 0 Å². The molecule has 0 N–H and O–H groups in total. The number of amides is 1. The van der Waals surface area contributed by atoms with Crippen molar-refractivity contribution >= 4 is 6.09 Å². The van der Waals surface area contributed by atoms with Gasteiger partial charge in [0.05, 0.1) is 12.2 Å². The van der Waals surface area contributed by atoms with Crippen LogP contribution >= 0.6 is 0 Å². The maximum Gasteiger partial charge on any atom is 0.410 e. The molecule has 4 nitrogen and oxygen atoms in total. The van der Waals surface area contributed by atoms with E-state index < -0.39 is 0 Å². The fraction of sp³-hybridized carbons (Fsp3) is 0.900. The number of hydrogen-bond donors (Lipinski definition) is 0. The van der Waals surface area contributed by atoms with E-state index >= 15 is 0 Å². The van der Waals surface area contributed by atoms with E-state index in [1.165, 1.54) is 0 Å². The molecule has 1 atom stereocenters. The summed E-state index contributed by atoms with van der Waals surface area (Å²) >= 11 is 0. The van der Waals surface area contributed by atoms with E-state index in [9.17, 15) is 4.79 Å². The van der Waals surface area contributed by atoms with Gasteiger partial charge in [0.1, 0.15) is 0 Å². The summed E-state index contributed by atoms with van der Waals surface area (Å²) in [6.45, 7) is 7.78. The Morgan fingerprint density at radius 2 is 2.29 bits per heavy atom. The Balaban J connectivity index is 2.44. The van der Waals surface area contributed by atoms with Gasteiger partial charge in [-0.1, -0.05) is 0 Å². The molecule has 4 heteroatoms. The standard InChI is InChI=1S/C10H19NO3/c1-8(2)14-10(12)11-5-4-6-13-9(3)7-11/h8-9H,4-7H2,1-3H3. The molecule has 0 radical (unpaired) electrons. The van der Waals surface area contributed by atoms with Crippen LogP contribution in [-0.4, -0.2) is 42.9 Å². The van der Waals surface area contributed by atoms with E-state index in [1.807, 2.05) is 20.8 Å². The van der Waals surface area contributed by atoms with Gasteiger partial charge in [-0.15, -0.1) is 0 Å². The SMILES string of the molecule is CC(C)OC(=O)N1CCCOC(C)C1. The van der Waals surface area contributed by atoms with Gasteiger partial charge in [-0.2, -0.15) is 0 Å². The van der Waals surface area contributed by atoms with Gasteiger partial charge in [0.25, 0.3) is 0 Å². The Hall–Kier alpha value is -0.770. The smallest absolute Gasteiger partial charge is 0.410 e. The number of nitrogens with zero attached hydrogens (tertiary/aromatic N) is 1. The summed E-state index contributed by atoms with van der Waals surface area (Å²) in [5, 5.41) is 0. The van der Waals surface area contributed by atoms with Crippen LogP contribution in [-0.2, 0) is 9.47 Å². The Bertz CT molecular complexity index is 194. The second-order valence-electron chi connectivity index (χ2n) is 3.91. The first-order chi connectivity index (χ1) is 6.59. The molecule has 1 saturated heterocycles. The normalized spacial score (nSPS) is 23.4. The van der Waals surface area contributed by atoms with E-state index in [2.05, 4.69) is 0 Å². The average molecular weight is 201 g/mol. The molecular formula is C10H19NO3. The fourth-order valence-corrected chi connectivity index (χ4v) is 1.44. The van der Waals surface area contributed by atoms with Crippen LogP contribution in [0.4, 0.5) is 4.79 Å². The molecule has 1 fully saturated rings. The molecule has 0 aromatic rings. The molecule has 0 bridgehead atoms. The summed E-state index contributed by atoms with van der Waals surface area (Å²) in [7, 11) is 0. The largest absolute Gasteiger partial charge is 0.447 e. The zero-order chi connectivity index (χ0) is 10.6. The van der Waals surface area contributed by atoms with Crippen molar-refractivity contribution in [2.45, 2.75) is 39.4 Å². The monoisotopic (exact) mass is 201 g/mol. The van der Waals surface area contributed by atoms with Crippen molar-refractivity contribution in [3.63, 3.8) is 0 Å². The first kappa shape index (κ1) is 11.3. The van der Waals surface area contributed by atoms with E-state index in [4.69, 9.17) is 9.47 Å². The molecule has 0 saturated carbocycles. The third-order valence-electron chi connectivity index (χ3n) is 2.05. The van der Waals surface area contributed by atoms with Crippen LogP contribution in [0.15, 0.2) is 0 Å². The molecule has 0 aliphatic carbocycles. The van der Waals surface area contributed by atoms with Gasteiger partial charge in [-0.05, 0) is 27.2 Å². The lowest BCUT2D eigenvalue weighted by atomic mass is 10.3. The van der Waals surface area contributed by atoms with Crippen molar-refractivity contribution in [3.05, 3.63) is 0 Å². The minimum absolute atomic E-state index is 0.0537. The molecule has 0 aromatic carbocycles. The topological polar surface area (TPSA) is 38.8 Å². The molecule has 0 aromatic heterocycles. The average Bonchev–Trinajstić information content (AvgIpc) is 2.28. The van der Waals surface area contributed by atoms with Crippen molar-refractivity contribution in [2.75, 3.05) is 19.7 Å². The van der Waals surface area contributed by atoms with Crippen LogP contribution in [0.25, 0.3) is 0 Å². The van der Waals surface area contributed by atoms with E-state index in [-0.39, 0.29) is 18.3 Å². The second-order valence-corrected chi connectivity index (χ2v) is 3.91. The highest BCUT2D eigenvalue weighted by Gasteiger charge is 2.21. The van der Waals surface area contributed by atoms with Crippen molar-refractivity contribution in [3.8, 4) is 0 Å². The third kappa shape index (κ3) is 3.54. The van der Waals surface area contributed by atoms with Gasteiger partial charge in [-0.3, -0.25) is 0 Å². The minimum Gasteiger partial charge on any atom is -0.447 e. The molecule has 1 aliphatic heterocycles. The number of carbonyl (C=O) groups is 1. The maximum atomic E-state index is 11.6. The van der Waals surface area contributed by atoms with Gasteiger partial charge in [0.2, 0.25) is 0 Å². The highest BCUT2D eigenvalue weighted by Crippen LogP contribution is 2.07. The molecular weight excluding hydrogens is 182 g/mol. The summed E-state index contributed by atoms with van der Waals surface area (Å²) in [5.41, 5.74) is 0. The Morgan fingerprint density at radius 1 is 1.57 bits per heavy atom. The molecule has 1 rings (SSSR count). The second kappa shape index (κ2) is 5.20. The summed E-state index contributed by atoms with van der Waals surface area (Å²) in [5.74, 6) is 0. The summed E-state index contributed by atoms with van der Waals surface area (Å²) in [4.78, 5) is 13.3. The van der Waals surface area contributed by atoms with Crippen molar-refractivity contribution in [1.82, 2.24) is 4.90 Å². The van der Waals surface area contributed by atoms with Gasteiger partial charge in [0, 0.05) is 19.7 Å². The van der Waals surface area contributed by atoms with Gasteiger partial charge < -0.3 is 14.4 Å². The number of hydrogen-bond acceptors (Lipinski definition) is 3.